The molecule has 0 unspecified atom stereocenters. The minimum absolute atomic E-state index is 0.0304. The zero-order valence-corrected chi connectivity index (χ0v) is 19.6. The molecule has 2 aromatic heterocycles. The molecule has 0 aromatic carbocycles. The molecule has 3 rings (SSSR count). The molecule has 1 saturated heterocycles. The maximum absolute atomic E-state index is 12.7. The van der Waals surface area contributed by atoms with Crippen LogP contribution < -0.4 is 15.8 Å². The second-order valence-electron chi connectivity index (χ2n) is 7.69. The van der Waals surface area contributed by atoms with Gasteiger partial charge in [0.05, 0.1) is 49.7 Å². The summed E-state index contributed by atoms with van der Waals surface area (Å²) in [5.41, 5.74) is -1.09. The third kappa shape index (κ3) is 7.50. The van der Waals surface area contributed by atoms with Crippen molar-refractivity contribution in [2.24, 2.45) is 0 Å². The molecule has 1 aliphatic rings. The summed E-state index contributed by atoms with van der Waals surface area (Å²) < 4.78 is 48.8. The van der Waals surface area contributed by atoms with Crippen LogP contribution in [0, 0.1) is 0 Å². The predicted octanol–water partition coefficient (Wildman–Crippen LogP) is 1.41. The molecule has 15 heteroatoms. The van der Waals surface area contributed by atoms with Gasteiger partial charge in [-0.25, -0.2) is 15.1 Å². The van der Waals surface area contributed by atoms with Crippen molar-refractivity contribution in [3.8, 4) is 0 Å². The third-order valence-electron chi connectivity index (χ3n) is 5.18. The van der Waals surface area contributed by atoms with E-state index in [4.69, 9.17) is 21.1 Å². The fourth-order valence-electron chi connectivity index (χ4n) is 3.37. The van der Waals surface area contributed by atoms with Gasteiger partial charge in [0.15, 0.2) is 0 Å². The molecule has 0 bridgehead atoms. The normalized spacial score (nSPS) is 15.2. The summed E-state index contributed by atoms with van der Waals surface area (Å²) >= 11 is 5.97. The lowest BCUT2D eigenvalue weighted by Gasteiger charge is -2.34. The van der Waals surface area contributed by atoms with E-state index >= 15 is 0 Å². The fraction of sp³-hybridized carbons (Fsp3) is 0.550. The Labute approximate surface area is 203 Å². The SMILES string of the molecule is COC[C@@H](COCCC(=O)N1CCN(c2ncc(C(F)(F)F)cn2)CC1)Nc1cn[nH]c(=O)c1Cl. The highest BCUT2D eigenvalue weighted by Gasteiger charge is 2.32. The summed E-state index contributed by atoms with van der Waals surface area (Å²) in [6, 6.07) is -0.330. The maximum Gasteiger partial charge on any atom is 0.419 e. The minimum atomic E-state index is -4.49. The van der Waals surface area contributed by atoms with Crippen LogP contribution in [0.2, 0.25) is 5.02 Å². The van der Waals surface area contributed by atoms with E-state index < -0.39 is 17.3 Å². The van der Waals surface area contributed by atoms with E-state index in [0.29, 0.717) is 31.9 Å². The van der Waals surface area contributed by atoms with Crippen molar-refractivity contribution < 1.29 is 27.4 Å². The smallest absolute Gasteiger partial charge is 0.382 e. The van der Waals surface area contributed by atoms with Gasteiger partial charge >= 0.3 is 6.18 Å². The standard InChI is InChI=1S/C20H25ClF3N7O4/c1-34-11-14(28-15-10-27-29-18(33)17(15)21)12-35-7-2-16(32)30-3-5-31(6-4-30)19-25-8-13(9-26-19)20(22,23)24/h8-10,14H,2-7,11-12H2,1H3,(H2,28,29,33)/t14-/m0/s1. The Kier molecular flexibility index (Phi) is 9.23. The number of nitrogens with one attached hydrogen (secondary N) is 2. The number of aromatic nitrogens is 4. The van der Waals surface area contributed by atoms with Gasteiger partial charge in [-0.3, -0.25) is 9.59 Å². The number of amides is 1. The van der Waals surface area contributed by atoms with Gasteiger partial charge < -0.3 is 24.6 Å². The van der Waals surface area contributed by atoms with Crippen molar-refractivity contribution in [1.82, 2.24) is 25.1 Å². The monoisotopic (exact) mass is 519 g/mol. The van der Waals surface area contributed by atoms with E-state index in [9.17, 15) is 22.8 Å². The van der Waals surface area contributed by atoms with E-state index in [0.717, 1.165) is 12.4 Å². The molecule has 2 N–H and O–H groups in total. The molecular formula is C20H25ClF3N7O4. The number of hydrogen-bond acceptors (Lipinski definition) is 9. The van der Waals surface area contributed by atoms with Gasteiger partial charge in [-0.15, -0.1) is 0 Å². The Hall–Kier alpha value is -2.97. The van der Waals surface area contributed by atoms with E-state index in [1.807, 2.05) is 0 Å². The number of H-pyrrole nitrogens is 1. The summed E-state index contributed by atoms with van der Waals surface area (Å²) in [7, 11) is 1.52. The number of aromatic amines is 1. The first-order chi connectivity index (χ1) is 16.7. The first-order valence-corrected chi connectivity index (χ1v) is 11.0. The predicted molar refractivity (Wildman–Crippen MR) is 120 cm³/mol. The molecule has 3 heterocycles. The average Bonchev–Trinajstić information content (AvgIpc) is 2.84. The Morgan fingerprint density at radius 2 is 1.89 bits per heavy atom. The largest absolute Gasteiger partial charge is 0.419 e. The Bertz CT molecular complexity index is 1030. The van der Waals surface area contributed by atoms with Crippen molar-refractivity contribution in [2.75, 3.05) is 63.3 Å². The lowest BCUT2D eigenvalue weighted by molar-refractivity contribution is -0.138. The van der Waals surface area contributed by atoms with Crippen molar-refractivity contribution in [3.63, 3.8) is 0 Å². The van der Waals surface area contributed by atoms with Crippen LogP contribution in [0.1, 0.15) is 12.0 Å². The minimum Gasteiger partial charge on any atom is -0.382 e. The van der Waals surface area contributed by atoms with Crippen molar-refractivity contribution in [2.45, 2.75) is 18.6 Å². The molecule has 0 saturated carbocycles. The number of ether oxygens (including phenoxy) is 2. The molecule has 11 nitrogen and oxygen atoms in total. The number of methoxy groups -OCH3 is 1. The highest BCUT2D eigenvalue weighted by Crippen LogP contribution is 2.28. The second-order valence-corrected chi connectivity index (χ2v) is 8.06. The molecule has 0 aliphatic carbocycles. The fourth-order valence-corrected chi connectivity index (χ4v) is 3.51. The van der Waals surface area contributed by atoms with E-state index in [-0.39, 0.29) is 49.2 Å². The van der Waals surface area contributed by atoms with E-state index in [2.05, 4.69) is 25.5 Å². The van der Waals surface area contributed by atoms with Crippen molar-refractivity contribution >= 4 is 29.1 Å². The third-order valence-corrected chi connectivity index (χ3v) is 5.56. The second kappa shape index (κ2) is 12.1. The van der Waals surface area contributed by atoms with Crippen LogP contribution in [0.4, 0.5) is 24.8 Å². The molecule has 0 radical (unpaired) electrons. The summed E-state index contributed by atoms with van der Waals surface area (Å²) in [6.07, 6.45) is -1.45. The highest BCUT2D eigenvalue weighted by atomic mass is 35.5. The molecule has 1 fully saturated rings. The quantitative estimate of drug-likeness (QED) is 0.448. The Morgan fingerprint density at radius 1 is 1.20 bits per heavy atom. The lowest BCUT2D eigenvalue weighted by atomic mass is 10.3. The van der Waals surface area contributed by atoms with Crippen LogP contribution in [0.3, 0.4) is 0 Å². The van der Waals surface area contributed by atoms with Gasteiger partial charge in [0.25, 0.3) is 5.56 Å². The van der Waals surface area contributed by atoms with Gasteiger partial charge in [-0.05, 0) is 0 Å². The van der Waals surface area contributed by atoms with Crippen LogP contribution in [0.15, 0.2) is 23.4 Å². The lowest BCUT2D eigenvalue weighted by Crippen LogP contribution is -2.49. The molecule has 2 aromatic rings. The van der Waals surface area contributed by atoms with Gasteiger partial charge in [-0.2, -0.15) is 18.3 Å². The Morgan fingerprint density at radius 3 is 2.51 bits per heavy atom. The average molecular weight is 520 g/mol. The maximum atomic E-state index is 12.7. The number of halogens is 4. The summed E-state index contributed by atoms with van der Waals surface area (Å²) in [5.74, 6) is 0.0944. The summed E-state index contributed by atoms with van der Waals surface area (Å²) in [6.45, 7) is 2.24. The van der Waals surface area contributed by atoms with E-state index in [1.54, 1.807) is 9.80 Å². The highest BCUT2D eigenvalue weighted by molar-refractivity contribution is 6.32. The number of rotatable bonds is 10. The van der Waals surface area contributed by atoms with Crippen LogP contribution in [-0.2, 0) is 20.4 Å². The van der Waals surface area contributed by atoms with Crippen LogP contribution in [0.5, 0.6) is 0 Å². The zero-order valence-electron chi connectivity index (χ0n) is 18.8. The van der Waals surface area contributed by atoms with Gasteiger partial charge in [0.1, 0.15) is 5.02 Å². The van der Waals surface area contributed by atoms with Crippen LogP contribution in [0.25, 0.3) is 0 Å². The number of nitrogens with zero attached hydrogens (tertiary/aromatic N) is 5. The van der Waals surface area contributed by atoms with Crippen molar-refractivity contribution in [1.29, 1.82) is 0 Å². The summed E-state index contributed by atoms with van der Waals surface area (Å²) in [4.78, 5) is 35.1. The van der Waals surface area contributed by atoms with Gasteiger partial charge in [-0.1, -0.05) is 11.6 Å². The van der Waals surface area contributed by atoms with Gasteiger partial charge in [0.2, 0.25) is 11.9 Å². The molecule has 1 atom stereocenters. The van der Waals surface area contributed by atoms with Gasteiger partial charge in [0, 0.05) is 45.7 Å². The summed E-state index contributed by atoms with van der Waals surface area (Å²) in [5, 5.41) is 8.93. The molecular weight excluding hydrogens is 495 g/mol. The number of anilines is 2. The van der Waals surface area contributed by atoms with Crippen LogP contribution >= 0.6 is 11.6 Å². The van der Waals surface area contributed by atoms with Crippen molar-refractivity contribution in [3.05, 3.63) is 39.5 Å². The van der Waals surface area contributed by atoms with E-state index in [1.165, 1.54) is 13.3 Å². The number of alkyl halides is 3. The molecule has 1 aliphatic heterocycles. The number of piperazine rings is 1. The number of carbonyl (C=O) groups is 1. The number of hydrogen-bond donors (Lipinski definition) is 2. The number of carbonyl (C=O) groups excluding carboxylic acids is 1. The zero-order chi connectivity index (χ0) is 25.4. The Balaban J connectivity index is 1.40. The molecule has 35 heavy (non-hydrogen) atoms. The molecule has 192 valence electrons. The molecule has 1 amide bonds. The van der Waals surface area contributed by atoms with Crippen LogP contribution in [-0.4, -0.2) is 90.1 Å². The molecule has 0 spiro atoms. The first kappa shape index (κ1) is 26.6. The topological polar surface area (TPSA) is 126 Å². The first-order valence-electron chi connectivity index (χ1n) is 10.7.